The lowest BCUT2D eigenvalue weighted by Gasteiger charge is -2.22. The lowest BCUT2D eigenvalue weighted by Crippen LogP contribution is -2.38. The Hall–Kier alpha value is -2.09. The second-order valence-electron chi connectivity index (χ2n) is 6.70. The van der Waals surface area contributed by atoms with Crippen LogP contribution in [-0.4, -0.2) is 11.9 Å². The summed E-state index contributed by atoms with van der Waals surface area (Å²) in [5, 5.41) is 3.25. The molecule has 0 aliphatic heterocycles. The summed E-state index contributed by atoms with van der Waals surface area (Å²) in [7, 11) is 0. The van der Waals surface area contributed by atoms with E-state index in [0.717, 1.165) is 23.0 Å². The van der Waals surface area contributed by atoms with Crippen LogP contribution in [0.4, 0.5) is 0 Å². The molecule has 0 spiro atoms. The van der Waals surface area contributed by atoms with Gasteiger partial charge in [0.1, 0.15) is 0 Å². The van der Waals surface area contributed by atoms with Gasteiger partial charge in [-0.3, -0.25) is 4.79 Å². The molecule has 2 heteroatoms. The fourth-order valence-corrected chi connectivity index (χ4v) is 4.12. The van der Waals surface area contributed by atoms with Crippen molar-refractivity contribution in [2.75, 3.05) is 0 Å². The summed E-state index contributed by atoms with van der Waals surface area (Å²) >= 11 is 0. The third-order valence-corrected chi connectivity index (χ3v) is 5.31. The number of fused-ring (bicyclic) bond motifs is 2. The van der Waals surface area contributed by atoms with Crippen molar-refractivity contribution in [3.05, 3.63) is 60.2 Å². The van der Waals surface area contributed by atoms with Crippen molar-refractivity contribution in [3.63, 3.8) is 0 Å². The molecule has 3 unspecified atom stereocenters. The molecular weight excluding hydrogens is 270 g/mol. The quantitative estimate of drug-likeness (QED) is 0.899. The maximum atomic E-state index is 12.4. The predicted molar refractivity (Wildman–Crippen MR) is 88.6 cm³/mol. The Morgan fingerprint density at radius 3 is 2.23 bits per heavy atom. The van der Waals surface area contributed by atoms with Crippen molar-refractivity contribution in [3.8, 4) is 11.1 Å². The van der Waals surface area contributed by atoms with Gasteiger partial charge in [0.25, 0.3) is 5.91 Å². The van der Waals surface area contributed by atoms with Crippen molar-refractivity contribution in [1.82, 2.24) is 5.32 Å². The molecule has 0 heterocycles. The summed E-state index contributed by atoms with van der Waals surface area (Å²) in [5.41, 5.74) is 3.10. The second-order valence-corrected chi connectivity index (χ2v) is 6.70. The summed E-state index contributed by atoms with van der Waals surface area (Å²) < 4.78 is 0. The van der Waals surface area contributed by atoms with Crippen molar-refractivity contribution in [2.24, 2.45) is 11.8 Å². The maximum Gasteiger partial charge on any atom is 0.251 e. The minimum atomic E-state index is 0.0807. The average Bonchev–Trinajstić information content (AvgIpc) is 3.19. The SMILES string of the molecule is O=C(NC1CC2CCC1C2)c1ccc(-c2ccccc2)cc1. The Labute approximate surface area is 131 Å². The van der Waals surface area contributed by atoms with E-state index in [2.05, 4.69) is 17.4 Å². The predicted octanol–water partition coefficient (Wildman–Crippen LogP) is 4.27. The van der Waals surface area contributed by atoms with Crippen LogP contribution in [0.2, 0.25) is 0 Å². The van der Waals surface area contributed by atoms with E-state index in [-0.39, 0.29) is 5.91 Å². The Morgan fingerprint density at radius 2 is 1.59 bits per heavy atom. The van der Waals surface area contributed by atoms with E-state index in [9.17, 15) is 4.79 Å². The van der Waals surface area contributed by atoms with Crippen LogP contribution < -0.4 is 5.32 Å². The minimum Gasteiger partial charge on any atom is -0.349 e. The number of rotatable bonds is 3. The van der Waals surface area contributed by atoms with Gasteiger partial charge in [0.05, 0.1) is 0 Å². The van der Waals surface area contributed by atoms with Crippen LogP contribution in [0, 0.1) is 11.8 Å². The van der Waals surface area contributed by atoms with Crippen molar-refractivity contribution in [2.45, 2.75) is 31.7 Å². The van der Waals surface area contributed by atoms with Crippen molar-refractivity contribution in [1.29, 1.82) is 0 Å². The highest BCUT2D eigenvalue weighted by molar-refractivity contribution is 5.94. The topological polar surface area (TPSA) is 29.1 Å². The molecule has 2 saturated carbocycles. The smallest absolute Gasteiger partial charge is 0.251 e. The average molecular weight is 291 g/mol. The molecule has 1 N–H and O–H groups in total. The first kappa shape index (κ1) is 13.6. The standard InChI is InChI=1S/C20H21NO/c22-20(21-19-13-14-6-7-18(19)12-14)17-10-8-16(9-11-17)15-4-2-1-3-5-15/h1-5,8-11,14,18-19H,6-7,12-13H2,(H,21,22). The first-order valence-corrected chi connectivity index (χ1v) is 8.26. The van der Waals surface area contributed by atoms with Gasteiger partial charge in [-0.2, -0.15) is 0 Å². The van der Waals surface area contributed by atoms with E-state index in [1.807, 2.05) is 42.5 Å². The maximum absolute atomic E-state index is 12.4. The number of nitrogens with one attached hydrogen (secondary N) is 1. The molecule has 2 bridgehead atoms. The van der Waals surface area contributed by atoms with E-state index in [1.54, 1.807) is 0 Å². The van der Waals surface area contributed by atoms with Gasteiger partial charge < -0.3 is 5.32 Å². The zero-order valence-electron chi connectivity index (χ0n) is 12.7. The fourth-order valence-electron chi connectivity index (χ4n) is 4.12. The van der Waals surface area contributed by atoms with E-state index in [0.29, 0.717) is 6.04 Å². The van der Waals surface area contributed by atoms with E-state index < -0.39 is 0 Å². The zero-order valence-corrected chi connectivity index (χ0v) is 12.7. The van der Waals surface area contributed by atoms with Crippen LogP contribution in [0.1, 0.15) is 36.0 Å². The molecule has 0 saturated heterocycles. The summed E-state index contributed by atoms with van der Waals surface area (Å²) in [5.74, 6) is 1.66. The molecule has 112 valence electrons. The molecule has 2 aliphatic rings. The summed E-state index contributed by atoms with van der Waals surface area (Å²) in [6.45, 7) is 0. The van der Waals surface area contributed by atoms with Gasteiger partial charge in [0.2, 0.25) is 0 Å². The van der Waals surface area contributed by atoms with Crippen molar-refractivity contribution < 1.29 is 4.79 Å². The molecule has 2 aromatic carbocycles. The molecule has 1 amide bonds. The molecule has 0 radical (unpaired) electrons. The summed E-state index contributed by atoms with van der Waals surface area (Å²) in [6, 6.07) is 18.6. The summed E-state index contributed by atoms with van der Waals surface area (Å²) in [6.07, 6.45) is 5.15. The number of hydrogen-bond donors (Lipinski definition) is 1. The van der Waals surface area contributed by atoms with Crippen LogP contribution in [0.3, 0.4) is 0 Å². The highest BCUT2D eigenvalue weighted by Crippen LogP contribution is 2.44. The Kier molecular flexibility index (Phi) is 3.45. The Bertz CT molecular complexity index is 662. The Balaban J connectivity index is 1.45. The molecule has 2 aromatic rings. The molecule has 2 fully saturated rings. The molecule has 4 rings (SSSR count). The monoisotopic (exact) mass is 291 g/mol. The largest absolute Gasteiger partial charge is 0.349 e. The second kappa shape index (κ2) is 5.60. The van der Waals surface area contributed by atoms with Crippen LogP contribution >= 0.6 is 0 Å². The number of hydrogen-bond acceptors (Lipinski definition) is 1. The minimum absolute atomic E-state index is 0.0807. The van der Waals surface area contributed by atoms with Gasteiger partial charge in [-0.1, -0.05) is 48.9 Å². The number of carbonyl (C=O) groups excluding carboxylic acids is 1. The fraction of sp³-hybridized carbons (Fsp3) is 0.350. The molecule has 2 nitrogen and oxygen atoms in total. The van der Waals surface area contributed by atoms with Gasteiger partial charge in [-0.05, 0) is 54.4 Å². The van der Waals surface area contributed by atoms with E-state index >= 15 is 0 Å². The number of benzene rings is 2. The van der Waals surface area contributed by atoms with Gasteiger partial charge in [0.15, 0.2) is 0 Å². The number of amides is 1. The highest BCUT2D eigenvalue weighted by Gasteiger charge is 2.40. The van der Waals surface area contributed by atoms with E-state index in [4.69, 9.17) is 0 Å². The lowest BCUT2D eigenvalue weighted by atomic mass is 9.95. The van der Waals surface area contributed by atoms with Crippen LogP contribution in [-0.2, 0) is 0 Å². The van der Waals surface area contributed by atoms with Gasteiger partial charge in [-0.15, -0.1) is 0 Å². The molecule has 3 atom stereocenters. The van der Waals surface area contributed by atoms with Gasteiger partial charge in [0, 0.05) is 11.6 Å². The normalized spacial score (nSPS) is 26.1. The van der Waals surface area contributed by atoms with Gasteiger partial charge >= 0.3 is 0 Å². The van der Waals surface area contributed by atoms with Crippen molar-refractivity contribution >= 4 is 5.91 Å². The lowest BCUT2D eigenvalue weighted by molar-refractivity contribution is 0.0923. The molecule has 2 aliphatic carbocycles. The zero-order chi connectivity index (χ0) is 14.9. The summed E-state index contributed by atoms with van der Waals surface area (Å²) in [4.78, 5) is 12.4. The third kappa shape index (κ3) is 2.54. The van der Waals surface area contributed by atoms with Crippen LogP contribution in [0.25, 0.3) is 11.1 Å². The Morgan fingerprint density at radius 1 is 0.864 bits per heavy atom. The van der Waals surface area contributed by atoms with Crippen LogP contribution in [0.15, 0.2) is 54.6 Å². The van der Waals surface area contributed by atoms with E-state index in [1.165, 1.54) is 31.2 Å². The molecule has 22 heavy (non-hydrogen) atoms. The van der Waals surface area contributed by atoms with Crippen LogP contribution in [0.5, 0.6) is 0 Å². The number of carbonyl (C=O) groups is 1. The van der Waals surface area contributed by atoms with Gasteiger partial charge in [-0.25, -0.2) is 0 Å². The third-order valence-electron chi connectivity index (χ3n) is 5.31. The highest BCUT2D eigenvalue weighted by atomic mass is 16.1. The molecular formula is C20H21NO. The first-order chi connectivity index (χ1) is 10.8. The molecule has 0 aromatic heterocycles. The first-order valence-electron chi connectivity index (χ1n) is 8.26.